The fourth-order valence-corrected chi connectivity index (χ4v) is 2.02. The molecule has 3 rings (SSSR count). The molecule has 0 saturated carbocycles. The second kappa shape index (κ2) is 5.75. The molecule has 1 heterocycles. The van der Waals surface area contributed by atoms with Crippen molar-refractivity contribution >= 4 is 23.3 Å². The Morgan fingerprint density at radius 1 is 0.850 bits per heavy atom. The molecule has 1 aliphatic rings. The van der Waals surface area contributed by atoms with Gasteiger partial charge in [0.2, 0.25) is 0 Å². The molecule has 0 saturated heterocycles. The van der Waals surface area contributed by atoms with Crippen LogP contribution in [0.2, 0.25) is 5.02 Å². The fraction of sp³-hybridized carbons (Fsp3) is 0.0667. The van der Waals surface area contributed by atoms with Gasteiger partial charge in [0.25, 0.3) is 0 Å². The molecule has 20 heavy (non-hydrogen) atoms. The van der Waals surface area contributed by atoms with E-state index < -0.39 is 0 Å². The van der Waals surface area contributed by atoms with Gasteiger partial charge < -0.3 is 0 Å². The Morgan fingerprint density at radius 2 is 1.60 bits per heavy atom. The van der Waals surface area contributed by atoms with Crippen molar-refractivity contribution in [1.82, 2.24) is 10.9 Å². The summed E-state index contributed by atoms with van der Waals surface area (Å²) in [6.07, 6.45) is 0.714. The van der Waals surface area contributed by atoms with Crippen molar-refractivity contribution in [3.8, 4) is 0 Å². The molecule has 0 amide bonds. The van der Waals surface area contributed by atoms with Crippen molar-refractivity contribution in [2.24, 2.45) is 10.2 Å². The summed E-state index contributed by atoms with van der Waals surface area (Å²) in [5, 5.41) is 9.29. The highest BCUT2D eigenvalue weighted by Crippen LogP contribution is 2.10. The Bertz CT molecular complexity index is 647. The van der Waals surface area contributed by atoms with Gasteiger partial charge in [0.05, 0.1) is 0 Å². The first-order chi connectivity index (χ1) is 9.81. The first-order valence-electron chi connectivity index (χ1n) is 6.27. The molecule has 0 fully saturated rings. The van der Waals surface area contributed by atoms with Crippen molar-refractivity contribution in [1.29, 1.82) is 0 Å². The fourth-order valence-electron chi connectivity index (χ4n) is 1.90. The van der Waals surface area contributed by atoms with Gasteiger partial charge in [0, 0.05) is 17.0 Å². The molecule has 2 aromatic rings. The van der Waals surface area contributed by atoms with E-state index >= 15 is 0 Å². The summed E-state index contributed by atoms with van der Waals surface area (Å²) >= 11 is 5.86. The minimum Gasteiger partial charge on any atom is -0.261 e. The molecule has 0 atom stereocenters. The maximum absolute atomic E-state index is 5.86. The predicted molar refractivity (Wildman–Crippen MR) is 81.8 cm³/mol. The summed E-state index contributed by atoms with van der Waals surface area (Å²) in [7, 11) is 0. The van der Waals surface area contributed by atoms with E-state index in [2.05, 4.69) is 33.2 Å². The number of nitrogens with zero attached hydrogens (tertiary/aromatic N) is 2. The quantitative estimate of drug-likeness (QED) is 0.910. The highest BCUT2D eigenvalue weighted by Gasteiger charge is 2.10. The molecule has 2 aromatic carbocycles. The number of hydrogen-bond donors (Lipinski definition) is 2. The lowest BCUT2D eigenvalue weighted by molar-refractivity contribution is 0.862. The molecule has 4 nitrogen and oxygen atoms in total. The Balaban J connectivity index is 1.66. The summed E-state index contributed by atoms with van der Waals surface area (Å²) in [5.41, 5.74) is 8.05. The van der Waals surface area contributed by atoms with Crippen molar-refractivity contribution in [3.63, 3.8) is 0 Å². The van der Waals surface area contributed by atoms with E-state index in [4.69, 9.17) is 11.6 Å². The third-order valence-electron chi connectivity index (χ3n) is 2.93. The molecule has 0 aliphatic carbocycles. The van der Waals surface area contributed by atoms with Crippen LogP contribution in [0.4, 0.5) is 0 Å². The Hall–Kier alpha value is -2.33. The zero-order valence-electron chi connectivity index (χ0n) is 10.7. The summed E-state index contributed by atoms with van der Waals surface area (Å²) in [6.45, 7) is 0. The minimum absolute atomic E-state index is 0.679. The zero-order chi connectivity index (χ0) is 13.8. The van der Waals surface area contributed by atoms with Gasteiger partial charge in [-0.15, -0.1) is 0 Å². The van der Waals surface area contributed by atoms with Crippen molar-refractivity contribution < 1.29 is 0 Å². The van der Waals surface area contributed by atoms with Crippen molar-refractivity contribution in [2.75, 3.05) is 0 Å². The standard InChI is InChI=1S/C15H13ClN4/c16-13-8-6-12(7-9-13)15-19-17-14(18-20-15)10-11-4-2-1-3-5-11/h1-9H,10H2,(H,17,18)(H,19,20). The highest BCUT2D eigenvalue weighted by molar-refractivity contribution is 6.30. The lowest BCUT2D eigenvalue weighted by Gasteiger charge is -2.15. The average Bonchev–Trinajstić information content (AvgIpc) is 2.50. The van der Waals surface area contributed by atoms with Crippen LogP contribution < -0.4 is 10.9 Å². The van der Waals surface area contributed by atoms with Gasteiger partial charge >= 0.3 is 0 Å². The monoisotopic (exact) mass is 284 g/mol. The zero-order valence-corrected chi connectivity index (χ0v) is 11.4. The van der Waals surface area contributed by atoms with Crippen LogP contribution in [0.3, 0.4) is 0 Å². The van der Waals surface area contributed by atoms with Crippen LogP contribution in [0.15, 0.2) is 64.8 Å². The number of nitrogens with one attached hydrogen (secondary N) is 2. The van der Waals surface area contributed by atoms with Gasteiger partial charge in [0.15, 0.2) is 5.84 Å². The Morgan fingerprint density at radius 3 is 2.25 bits per heavy atom. The van der Waals surface area contributed by atoms with Crippen LogP contribution in [0.25, 0.3) is 0 Å². The number of amidine groups is 2. The number of rotatable bonds is 3. The molecule has 0 spiro atoms. The molecular formula is C15H13ClN4. The first kappa shape index (κ1) is 12.7. The van der Waals surface area contributed by atoms with Crippen molar-refractivity contribution in [3.05, 3.63) is 70.7 Å². The smallest absolute Gasteiger partial charge is 0.173 e. The second-order valence-corrected chi connectivity index (χ2v) is 4.85. The molecule has 0 aromatic heterocycles. The van der Waals surface area contributed by atoms with E-state index in [1.165, 1.54) is 5.56 Å². The van der Waals surface area contributed by atoms with E-state index in [0.29, 0.717) is 17.3 Å². The Labute approximate surface area is 122 Å². The van der Waals surface area contributed by atoms with Gasteiger partial charge in [-0.25, -0.2) is 0 Å². The molecule has 2 N–H and O–H groups in total. The maximum Gasteiger partial charge on any atom is 0.173 e. The van der Waals surface area contributed by atoms with E-state index in [9.17, 15) is 0 Å². The SMILES string of the molecule is Clc1ccc(C2=NNC(Cc3ccccc3)=NN2)cc1. The Kier molecular flexibility index (Phi) is 3.65. The highest BCUT2D eigenvalue weighted by atomic mass is 35.5. The van der Waals surface area contributed by atoms with E-state index in [1.807, 2.05) is 42.5 Å². The van der Waals surface area contributed by atoms with Gasteiger partial charge in [-0.05, 0) is 29.8 Å². The van der Waals surface area contributed by atoms with Gasteiger partial charge in [-0.1, -0.05) is 41.9 Å². The molecule has 5 heteroatoms. The molecule has 0 bridgehead atoms. The van der Waals surface area contributed by atoms with Crippen LogP contribution >= 0.6 is 11.6 Å². The first-order valence-corrected chi connectivity index (χ1v) is 6.65. The minimum atomic E-state index is 0.679. The number of hydrazone groups is 2. The second-order valence-electron chi connectivity index (χ2n) is 4.41. The van der Waals surface area contributed by atoms with Crippen LogP contribution in [0, 0.1) is 0 Å². The third kappa shape index (κ3) is 2.97. The maximum atomic E-state index is 5.86. The lowest BCUT2D eigenvalue weighted by atomic mass is 10.1. The molecule has 1 aliphatic heterocycles. The number of benzene rings is 2. The van der Waals surface area contributed by atoms with Crippen LogP contribution in [0.1, 0.15) is 11.1 Å². The predicted octanol–water partition coefficient (Wildman–Crippen LogP) is 2.75. The molecular weight excluding hydrogens is 272 g/mol. The van der Waals surface area contributed by atoms with Crippen molar-refractivity contribution in [2.45, 2.75) is 6.42 Å². The van der Waals surface area contributed by atoms with Gasteiger partial charge in [-0.2, -0.15) is 10.2 Å². The van der Waals surface area contributed by atoms with Crippen LogP contribution in [0.5, 0.6) is 0 Å². The third-order valence-corrected chi connectivity index (χ3v) is 3.18. The molecule has 0 radical (unpaired) electrons. The molecule has 100 valence electrons. The van der Waals surface area contributed by atoms with Crippen LogP contribution in [-0.4, -0.2) is 11.7 Å². The van der Waals surface area contributed by atoms with Gasteiger partial charge in [-0.3, -0.25) is 10.9 Å². The summed E-state index contributed by atoms with van der Waals surface area (Å²) in [6, 6.07) is 17.6. The average molecular weight is 285 g/mol. The number of halogens is 1. The van der Waals surface area contributed by atoms with E-state index in [0.717, 1.165) is 11.4 Å². The topological polar surface area (TPSA) is 48.8 Å². The molecule has 0 unspecified atom stereocenters. The van der Waals surface area contributed by atoms with E-state index in [1.54, 1.807) is 0 Å². The van der Waals surface area contributed by atoms with Gasteiger partial charge in [0.1, 0.15) is 5.84 Å². The number of hydrogen-bond acceptors (Lipinski definition) is 4. The summed E-state index contributed by atoms with van der Waals surface area (Å²) in [4.78, 5) is 0. The van der Waals surface area contributed by atoms with Crippen LogP contribution in [-0.2, 0) is 6.42 Å². The summed E-state index contributed by atoms with van der Waals surface area (Å²) < 4.78 is 0. The lowest BCUT2D eigenvalue weighted by Crippen LogP contribution is -2.35. The normalized spacial score (nSPS) is 13.8. The largest absolute Gasteiger partial charge is 0.261 e. The summed E-state index contributed by atoms with van der Waals surface area (Å²) in [5.74, 6) is 1.47. The van der Waals surface area contributed by atoms with E-state index in [-0.39, 0.29) is 0 Å².